The van der Waals surface area contributed by atoms with Gasteiger partial charge in [-0.05, 0) is 70.5 Å². The summed E-state index contributed by atoms with van der Waals surface area (Å²) in [5, 5.41) is 60.2. The van der Waals surface area contributed by atoms with Crippen molar-refractivity contribution in [1.29, 1.82) is 0 Å². The van der Waals surface area contributed by atoms with E-state index in [1.165, 1.54) is 20.8 Å². The molecule has 2 rings (SSSR count). The highest BCUT2D eigenvalue weighted by atomic mass is 16.5. The Morgan fingerprint density at radius 3 is 1.88 bits per heavy atom. The van der Waals surface area contributed by atoms with Gasteiger partial charge in [-0.2, -0.15) is 0 Å². The summed E-state index contributed by atoms with van der Waals surface area (Å²) in [4.78, 5) is 200. The lowest BCUT2D eigenvalue weighted by atomic mass is 9.85. The fourth-order valence-corrected chi connectivity index (χ4v) is 10.2. The molecule has 0 aliphatic carbocycles. The number of hydrogen-bond donors (Lipinski definition) is 16. The number of aliphatic carboxylic acids is 2. The molecule has 0 bridgehead atoms. The largest absolute Gasteiger partial charge is 0.481 e. The zero-order chi connectivity index (χ0) is 70.8. The molecule has 0 aliphatic heterocycles. The first-order valence-electron chi connectivity index (χ1n) is 31.5. The summed E-state index contributed by atoms with van der Waals surface area (Å²) >= 11 is 0. The summed E-state index contributed by atoms with van der Waals surface area (Å²) < 4.78 is 5.54. The Labute approximate surface area is 544 Å². The number of nitrogens with two attached hydrogens (primary N) is 3. The van der Waals surface area contributed by atoms with E-state index in [0.29, 0.717) is 22.9 Å². The Morgan fingerprint density at radius 2 is 1.28 bits per heavy atom. The number of esters is 1. The third-order valence-corrected chi connectivity index (χ3v) is 15.7. The quantitative estimate of drug-likeness (QED) is 0.0197. The molecule has 19 N–H and O–H groups in total. The second kappa shape index (κ2) is 42.3. The number of H-pyrrole nitrogens is 1. The molecule has 32 nitrogen and oxygen atoms in total. The number of carbonyl (C=O) groups is 15. The van der Waals surface area contributed by atoms with Gasteiger partial charge in [0.2, 0.25) is 59.6 Å². The standard InChI is InChI=1S/C62H96N12O20/c1-7-8-9-10-11-12-13-20-51(81)72-45(24-39-29-66-42-18-15-14-17-40(39)42)60(91)73-44(28-50(64)80)48(78)25-38(26-54(85)86)58(89)74-55(61(92)67-30-52(82)71-43(19-16-21-63)47(77)22-34(3)57(88)69-35(4)56(65)87)37(6)94-62(93)36(5)70-59(90)41(33(2)23-53(83)84)27-49(79)46(31-75)68-32-76/h14-15,17-18,29,32-38,41,43-47,55,66,75,77H,7-13,16,19-28,30-31,63H2,1-6H3,(H2,64,80)(H2,65,87)(H,67,92)(H,68,76)(H,69,88)(H,70,90)(H,71,82)(H,72,81)(H,73,91)(H,74,89)(H,83,84)(H,85,86)/t33?,34-,35-,36+,37-,38+,41+,43+,44-,45+,46-,47?,55+/m1/s1. The molecular weight excluding hydrogens is 1230 g/mol. The minimum absolute atomic E-state index is 0.0506. The predicted octanol–water partition coefficient (Wildman–Crippen LogP) is -1.82. The number of ketones is 2. The fraction of sp³-hybridized carbons (Fsp3) is 0.629. The molecule has 2 aromatic rings. The number of fused-ring (bicyclic) bond motifs is 1. The summed E-state index contributed by atoms with van der Waals surface area (Å²) in [5.41, 5.74) is 17.8. The van der Waals surface area contributed by atoms with Gasteiger partial charge in [0.15, 0.2) is 11.6 Å². The molecule has 0 saturated carbocycles. The second-order valence-corrected chi connectivity index (χ2v) is 23.6. The van der Waals surface area contributed by atoms with Crippen molar-refractivity contribution in [3.8, 4) is 0 Å². The number of Topliss-reactive ketones (excluding diaryl/α,β-unsaturated/α-hetero) is 2. The maximum atomic E-state index is 14.4. The molecule has 1 aromatic carbocycles. The highest BCUT2D eigenvalue weighted by Crippen LogP contribution is 2.24. The van der Waals surface area contributed by atoms with Crippen LogP contribution in [0.1, 0.15) is 150 Å². The summed E-state index contributed by atoms with van der Waals surface area (Å²) in [6.45, 7) is 6.62. The molecule has 0 saturated heterocycles. The van der Waals surface area contributed by atoms with E-state index in [-0.39, 0.29) is 45.1 Å². The average Bonchev–Trinajstić information content (AvgIpc) is 1.63. The first-order valence-corrected chi connectivity index (χ1v) is 31.5. The predicted molar refractivity (Wildman–Crippen MR) is 337 cm³/mol. The van der Waals surface area contributed by atoms with Crippen molar-refractivity contribution in [2.24, 2.45) is 40.9 Å². The van der Waals surface area contributed by atoms with Crippen molar-refractivity contribution >= 4 is 100.0 Å². The summed E-state index contributed by atoms with van der Waals surface area (Å²) in [6, 6.07) is -3.50. The SMILES string of the molecule is CCCCCCCCCC(=O)N[C@@H](Cc1c[nH]c2ccccc12)C(=O)N[C@H](CC(N)=O)C(=O)C[C@@H](CC(=O)O)C(=O)N[C@H](C(=O)NCC(=O)N[C@@H](CCCN)C(O)C[C@@H](C)C(=O)N[C@H](C)C(N)=O)[C@@H](C)OC(=O)[C@H](C)NC(=O)[C@@H](CC(=O)[C@@H](CO)NC=O)C(C)CC(=O)O. The van der Waals surface area contributed by atoms with Crippen LogP contribution in [-0.2, 0) is 83.1 Å². The Morgan fingerprint density at radius 1 is 0.649 bits per heavy atom. The van der Waals surface area contributed by atoms with E-state index in [9.17, 15) is 92.3 Å². The van der Waals surface area contributed by atoms with Crippen LogP contribution < -0.4 is 59.7 Å². The Kier molecular flexibility index (Phi) is 36.6. The van der Waals surface area contributed by atoms with Crippen LogP contribution in [0.15, 0.2) is 30.5 Å². The van der Waals surface area contributed by atoms with Crippen molar-refractivity contribution in [3.05, 3.63) is 36.0 Å². The number of aliphatic hydroxyl groups excluding tert-OH is 2. The van der Waals surface area contributed by atoms with Crippen LogP contribution in [0.4, 0.5) is 0 Å². The number of primary amides is 2. The number of aromatic amines is 1. The molecule has 10 amide bonds. The lowest BCUT2D eigenvalue weighted by Gasteiger charge is -2.29. The van der Waals surface area contributed by atoms with Gasteiger partial charge in [-0.3, -0.25) is 67.1 Å². The summed E-state index contributed by atoms with van der Waals surface area (Å²) in [6.07, 6.45) is 0.350. The molecule has 524 valence electrons. The lowest BCUT2D eigenvalue weighted by molar-refractivity contribution is -0.156. The Bertz CT molecular complexity index is 2920. The number of para-hydroxylation sites is 1. The van der Waals surface area contributed by atoms with E-state index in [1.54, 1.807) is 30.5 Å². The first-order chi connectivity index (χ1) is 44.4. The number of amides is 10. The molecule has 13 atom stereocenters. The van der Waals surface area contributed by atoms with Gasteiger partial charge in [-0.1, -0.05) is 77.5 Å². The molecule has 0 aliphatic rings. The number of aromatic nitrogens is 1. The Hall–Kier alpha value is -8.91. The normalized spacial score (nSPS) is 15.3. The number of aliphatic hydroxyl groups is 2. The van der Waals surface area contributed by atoms with Crippen molar-refractivity contribution in [2.75, 3.05) is 19.7 Å². The minimum atomic E-state index is -2.11. The maximum Gasteiger partial charge on any atom is 0.328 e. The van der Waals surface area contributed by atoms with Crippen LogP contribution in [0.5, 0.6) is 0 Å². The number of rotatable bonds is 49. The number of carbonyl (C=O) groups excluding carboxylic acids is 13. The van der Waals surface area contributed by atoms with Crippen LogP contribution in [0.3, 0.4) is 0 Å². The van der Waals surface area contributed by atoms with Crippen LogP contribution in [0.25, 0.3) is 10.9 Å². The second-order valence-electron chi connectivity index (χ2n) is 23.6. The zero-order valence-corrected chi connectivity index (χ0v) is 54.2. The van der Waals surface area contributed by atoms with Crippen molar-refractivity contribution < 1.29 is 97.1 Å². The van der Waals surface area contributed by atoms with Crippen LogP contribution in [-0.4, -0.2) is 189 Å². The molecule has 0 spiro atoms. The number of carboxylic acids is 2. The number of unbranched alkanes of at least 4 members (excludes halogenated alkanes) is 6. The average molecular weight is 1330 g/mol. The topological polar surface area (TPSA) is 536 Å². The van der Waals surface area contributed by atoms with Crippen LogP contribution >= 0.6 is 0 Å². The van der Waals surface area contributed by atoms with Gasteiger partial charge in [-0.25, -0.2) is 4.79 Å². The minimum Gasteiger partial charge on any atom is -0.481 e. The van der Waals surface area contributed by atoms with Gasteiger partial charge in [0.05, 0.1) is 50.1 Å². The Balaban J connectivity index is 2.58. The summed E-state index contributed by atoms with van der Waals surface area (Å²) in [5.74, 6) is -20.5. The van der Waals surface area contributed by atoms with E-state index in [0.717, 1.165) is 52.4 Å². The number of hydrogen-bond acceptors (Lipinski definition) is 19. The lowest BCUT2D eigenvalue weighted by Crippen LogP contribution is -2.57. The molecule has 1 heterocycles. The number of ether oxygens (including phenoxy) is 1. The zero-order valence-electron chi connectivity index (χ0n) is 54.2. The maximum absolute atomic E-state index is 14.4. The van der Waals surface area contributed by atoms with Gasteiger partial charge >= 0.3 is 17.9 Å². The third kappa shape index (κ3) is 29.4. The van der Waals surface area contributed by atoms with Crippen molar-refractivity contribution in [3.63, 3.8) is 0 Å². The monoisotopic (exact) mass is 1330 g/mol. The van der Waals surface area contributed by atoms with Gasteiger partial charge in [0.1, 0.15) is 36.3 Å². The van der Waals surface area contributed by atoms with E-state index in [2.05, 4.69) is 54.4 Å². The van der Waals surface area contributed by atoms with Gasteiger partial charge in [0, 0.05) is 61.0 Å². The highest BCUT2D eigenvalue weighted by Gasteiger charge is 2.39. The molecule has 0 fully saturated rings. The molecule has 94 heavy (non-hydrogen) atoms. The molecule has 0 radical (unpaired) electrons. The van der Waals surface area contributed by atoms with Gasteiger partial charge in [0.25, 0.3) is 0 Å². The van der Waals surface area contributed by atoms with Crippen LogP contribution in [0.2, 0.25) is 0 Å². The number of nitrogens with one attached hydrogen (secondary N) is 9. The molecule has 32 heteroatoms. The smallest absolute Gasteiger partial charge is 0.328 e. The first kappa shape index (κ1) is 81.2. The number of benzene rings is 1. The van der Waals surface area contributed by atoms with E-state index in [1.807, 2.05) is 0 Å². The van der Waals surface area contributed by atoms with Gasteiger partial charge in [-0.15, -0.1) is 0 Å². The number of carboxylic acid groups (broad SMARTS) is 2. The summed E-state index contributed by atoms with van der Waals surface area (Å²) in [7, 11) is 0. The van der Waals surface area contributed by atoms with E-state index in [4.69, 9.17) is 21.9 Å². The van der Waals surface area contributed by atoms with Crippen molar-refractivity contribution in [1.82, 2.24) is 47.5 Å². The molecule has 1 aromatic heterocycles. The van der Waals surface area contributed by atoms with E-state index < -0.39 is 206 Å². The highest BCUT2D eigenvalue weighted by molar-refractivity contribution is 5.99. The van der Waals surface area contributed by atoms with E-state index >= 15 is 0 Å². The molecular formula is C62H96N12O20. The third-order valence-electron chi connectivity index (χ3n) is 15.7. The molecule has 2 unspecified atom stereocenters. The van der Waals surface area contributed by atoms with Crippen LogP contribution in [0, 0.1) is 23.7 Å². The van der Waals surface area contributed by atoms with Crippen molar-refractivity contribution in [2.45, 2.75) is 205 Å². The van der Waals surface area contributed by atoms with Gasteiger partial charge < -0.3 is 89.9 Å². The fourth-order valence-electron chi connectivity index (χ4n) is 10.2.